The van der Waals surface area contributed by atoms with Gasteiger partial charge >= 0.3 is 5.97 Å². The smallest absolute Gasteiger partial charge is 0.303 e. The number of H-pyrrole nitrogens is 1. The molecule has 1 unspecified atom stereocenters. The number of aliphatic hydroxyl groups is 4. The van der Waals surface area contributed by atoms with Crippen molar-refractivity contribution >= 4 is 47.3 Å². The molecular weight excluding hydrogens is 937 g/mol. The number of carbonyl (C=O) groups excluding carboxylic acids is 7. The number of aryl methyl sites for hydroxylation is 2. The summed E-state index contributed by atoms with van der Waals surface area (Å²) in [5.41, 5.74) is 18.0. The number of carboxylic acids is 1. The number of rotatable bonds is 30. The fourth-order valence-corrected chi connectivity index (χ4v) is 7.34. The van der Waals surface area contributed by atoms with E-state index in [0.717, 1.165) is 0 Å². The Kier molecular flexibility index (Phi) is 24.1. The number of carbonyl (C=O) groups is 8. The Labute approximate surface area is 408 Å². The van der Waals surface area contributed by atoms with Crippen LogP contribution in [0.5, 0.6) is 0 Å². The Hall–Kier alpha value is -6.42. The van der Waals surface area contributed by atoms with E-state index in [0.29, 0.717) is 29.1 Å². The lowest BCUT2D eigenvalue weighted by atomic mass is 9.99. The van der Waals surface area contributed by atoms with Crippen LogP contribution < -0.4 is 49.3 Å². The molecule has 0 aliphatic carbocycles. The molecule has 17 N–H and O–H groups in total. The zero-order valence-electron chi connectivity index (χ0n) is 39.8. The van der Waals surface area contributed by atoms with Gasteiger partial charge in [-0.2, -0.15) is 0 Å². The number of ether oxygens (including phenoxy) is 2. The molecular formula is C45H68N10O16. The number of benzene rings is 1. The number of amides is 7. The molecule has 0 bridgehead atoms. The van der Waals surface area contributed by atoms with E-state index in [1.807, 2.05) is 13.8 Å². The van der Waals surface area contributed by atoms with Crippen molar-refractivity contribution in [2.75, 3.05) is 19.7 Å². The molecule has 7 amide bonds. The van der Waals surface area contributed by atoms with Gasteiger partial charge in [0.05, 0.1) is 24.9 Å². The molecule has 26 nitrogen and oxygen atoms in total. The SMILES string of the molecule is CCC(C)c1nc(CCC(=O)N[C@@H](Cc2ccccc2)C(=O)N[C@@H](CC[C@H](CN)O[C@@H]2O[C@H](CO)[C@H](O)[C@H](O)[C@H]2O)C(=O)NCC(=O)N[C@@H](CCC(=O)O)C(=O)N[C@@H](CCC(N)=O)C(N)=O)c(C)[nH]c1=O. The second kappa shape index (κ2) is 29.1. The van der Waals surface area contributed by atoms with E-state index in [1.165, 1.54) is 0 Å². The van der Waals surface area contributed by atoms with Gasteiger partial charge < -0.3 is 83.8 Å². The zero-order chi connectivity index (χ0) is 52.9. The lowest BCUT2D eigenvalue weighted by Gasteiger charge is -2.40. The van der Waals surface area contributed by atoms with Crippen LogP contribution in [0, 0.1) is 6.92 Å². The number of aliphatic carboxylic acids is 1. The minimum Gasteiger partial charge on any atom is -0.481 e. The highest BCUT2D eigenvalue weighted by molar-refractivity contribution is 5.95. The van der Waals surface area contributed by atoms with Gasteiger partial charge in [0, 0.05) is 50.3 Å². The Bertz CT molecular complexity index is 2200. The first-order valence-electron chi connectivity index (χ1n) is 23.1. The number of primary amides is 2. The van der Waals surface area contributed by atoms with Crippen molar-refractivity contribution in [3.05, 3.63) is 63.3 Å². The van der Waals surface area contributed by atoms with Crippen molar-refractivity contribution in [3.8, 4) is 0 Å². The van der Waals surface area contributed by atoms with E-state index in [-0.39, 0.29) is 63.0 Å². The Morgan fingerprint density at radius 1 is 0.803 bits per heavy atom. The lowest BCUT2D eigenvalue weighted by Crippen LogP contribution is -2.60. The second-order valence-electron chi connectivity index (χ2n) is 17.2. The normalized spacial score (nSPS) is 20.2. The van der Waals surface area contributed by atoms with E-state index in [4.69, 9.17) is 26.7 Å². The summed E-state index contributed by atoms with van der Waals surface area (Å²) in [6.07, 6.45) is -11.0. The Morgan fingerprint density at radius 2 is 1.42 bits per heavy atom. The topological polar surface area (TPSA) is 440 Å². The van der Waals surface area contributed by atoms with Crippen LogP contribution >= 0.6 is 0 Å². The van der Waals surface area contributed by atoms with Crippen molar-refractivity contribution in [1.29, 1.82) is 0 Å². The summed E-state index contributed by atoms with van der Waals surface area (Å²) < 4.78 is 11.2. The quantitative estimate of drug-likeness (QED) is 0.0350. The minimum atomic E-state index is -1.80. The van der Waals surface area contributed by atoms with Crippen molar-refractivity contribution in [1.82, 2.24) is 36.6 Å². The molecule has 26 heteroatoms. The number of carboxylic acid groups (broad SMARTS) is 1. The van der Waals surface area contributed by atoms with Gasteiger partial charge in [0.2, 0.25) is 41.4 Å². The minimum absolute atomic E-state index is 0.0617. The van der Waals surface area contributed by atoms with Crippen molar-refractivity contribution in [2.24, 2.45) is 17.2 Å². The van der Waals surface area contributed by atoms with E-state index >= 15 is 0 Å². The predicted octanol–water partition coefficient (Wildman–Crippen LogP) is -4.64. The molecule has 0 saturated carbocycles. The number of aromatic nitrogens is 2. The molecule has 1 aliphatic rings. The first kappa shape index (κ1) is 58.9. The summed E-state index contributed by atoms with van der Waals surface area (Å²) in [4.78, 5) is 123. The summed E-state index contributed by atoms with van der Waals surface area (Å²) in [6.45, 7) is 3.52. The molecule has 2 heterocycles. The summed E-state index contributed by atoms with van der Waals surface area (Å²) >= 11 is 0. The molecule has 1 aliphatic heterocycles. The highest BCUT2D eigenvalue weighted by Crippen LogP contribution is 2.24. The van der Waals surface area contributed by atoms with Crippen LogP contribution in [0.3, 0.4) is 0 Å². The molecule has 1 saturated heterocycles. The molecule has 0 spiro atoms. The van der Waals surface area contributed by atoms with Gasteiger partial charge in [-0.05, 0) is 44.6 Å². The Balaban J connectivity index is 1.88. The van der Waals surface area contributed by atoms with Crippen LogP contribution in [0.2, 0.25) is 0 Å². The highest BCUT2D eigenvalue weighted by atomic mass is 16.7. The fraction of sp³-hybridized carbons (Fsp3) is 0.600. The molecule has 1 fully saturated rings. The summed E-state index contributed by atoms with van der Waals surface area (Å²) in [7, 11) is 0. The summed E-state index contributed by atoms with van der Waals surface area (Å²) in [5.74, 6) is -7.81. The molecule has 1 aromatic carbocycles. The first-order chi connectivity index (χ1) is 33.6. The average Bonchev–Trinajstić information content (AvgIpc) is 3.33. The standard InChI is InChI=1S/C45H68N10O16/c1-4-22(2)36-44(69)50-23(3)26(53-36)13-16-33(58)52-30(18-24-8-6-5-7-9-24)43(68)55-28(11-10-25(19-46)70-45-39(64)38(63)37(62)31(21-56)71-45)41(66)49-20-34(59)51-29(14-17-35(60)61)42(67)54-27(40(48)65)12-15-32(47)57/h5-9,22,25,27-31,37-39,45,56,62-64H,4,10-21,46H2,1-3H3,(H2,47,57)(H2,48,65)(H,49,66)(H,50,69)(H,51,59)(H,52,58)(H,54,67)(H,55,68)(H,60,61)/t22?,25-,27+,28+,29+,30+,31-,37+,38+,39-,45-/m1/s1. The number of nitrogens with zero attached hydrogens (tertiary/aromatic N) is 1. The van der Waals surface area contributed by atoms with Crippen LogP contribution in [0.25, 0.3) is 0 Å². The van der Waals surface area contributed by atoms with Gasteiger partial charge in [0.25, 0.3) is 5.56 Å². The zero-order valence-corrected chi connectivity index (χ0v) is 39.8. The molecule has 0 radical (unpaired) electrons. The van der Waals surface area contributed by atoms with Crippen LogP contribution in [-0.4, -0.2) is 163 Å². The van der Waals surface area contributed by atoms with Crippen LogP contribution in [-0.2, 0) is 60.7 Å². The van der Waals surface area contributed by atoms with Crippen molar-refractivity contribution in [3.63, 3.8) is 0 Å². The van der Waals surface area contributed by atoms with E-state index in [1.54, 1.807) is 37.3 Å². The largest absolute Gasteiger partial charge is 0.481 e. The van der Waals surface area contributed by atoms with Gasteiger partial charge in [-0.25, -0.2) is 0 Å². The third-order valence-corrected chi connectivity index (χ3v) is 11.7. The number of hydrogen-bond acceptors (Lipinski definition) is 17. The third-order valence-electron chi connectivity index (χ3n) is 11.7. The number of nitrogens with one attached hydrogen (secondary N) is 6. The first-order valence-corrected chi connectivity index (χ1v) is 23.1. The van der Waals surface area contributed by atoms with Crippen LogP contribution in [0.1, 0.15) is 93.8 Å². The predicted molar refractivity (Wildman–Crippen MR) is 249 cm³/mol. The van der Waals surface area contributed by atoms with Crippen molar-refractivity contribution < 1.29 is 73.4 Å². The molecule has 1 aromatic heterocycles. The van der Waals surface area contributed by atoms with Gasteiger partial charge in [0.1, 0.15) is 54.3 Å². The molecule has 71 heavy (non-hydrogen) atoms. The maximum atomic E-state index is 14.3. The number of nitrogens with two attached hydrogens (primary N) is 3. The van der Waals surface area contributed by atoms with Crippen molar-refractivity contribution in [2.45, 2.75) is 152 Å². The van der Waals surface area contributed by atoms with Gasteiger partial charge in [-0.15, -0.1) is 0 Å². The van der Waals surface area contributed by atoms with Crippen LogP contribution in [0.15, 0.2) is 35.1 Å². The van der Waals surface area contributed by atoms with E-state index < -0.39 is 134 Å². The molecule has 11 atom stereocenters. The maximum Gasteiger partial charge on any atom is 0.303 e. The van der Waals surface area contributed by atoms with E-state index in [2.05, 4.69) is 36.6 Å². The average molecular weight is 1010 g/mol. The number of hydrogen-bond donors (Lipinski definition) is 14. The van der Waals surface area contributed by atoms with Crippen LogP contribution in [0.4, 0.5) is 0 Å². The monoisotopic (exact) mass is 1000 g/mol. The molecule has 3 rings (SSSR count). The fourth-order valence-electron chi connectivity index (χ4n) is 7.34. The summed E-state index contributed by atoms with van der Waals surface area (Å²) in [6, 6.07) is 2.75. The highest BCUT2D eigenvalue weighted by Gasteiger charge is 2.45. The number of aromatic amines is 1. The van der Waals surface area contributed by atoms with E-state index in [9.17, 15) is 68.7 Å². The molecule has 394 valence electrons. The molecule has 2 aromatic rings. The maximum absolute atomic E-state index is 14.3. The Morgan fingerprint density at radius 3 is 2.03 bits per heavy atom. The lowest BCUT2D eigenvalue weighted by molar-refractivity contribution is -0.310. The second-order valence-corrected chi connectivity index (χ2v) is 17.2. The van der Waals surface area contributed by atoms with Gasteiger partial charge in [-0.1, -0.05) is 44.2 Å². The van der Waals surface area contributed by atoms with Gasteiger partial charge in [0.15, 0.2) is 6.29 Å². The summed E-state index contributed by atoms with van der Waals surface area (Å²) in [5, 5.41) is 62.3. The third kappa shape index (κ3) is 19.0. The van der Waals surface area contributed by atoms with Gasteiger partial charge in [-0.3, -0.25) is 48.1 Å². The number of aliphatic hydroxyl groups excluding tert-OH is 4.